The van der Waals surface area contributed by atoms with Crippen molar-refractivity contribution in [2.45, 2.75) is 56.1 Å². The summed E-state index contributed by atoms with van der Waals surface area (Å²) in [6.45, 7) is 11.5. The fraction of sp³-hybridized carbons (Fsp3) is 0.800. The fourth-order valence-corrected chi connectivity index (χ4v) is 3.66. The van der Waals surface area contributed by atoms with E-state index in [2.05, 4.69) is 26.1 Å². The van der Waals surface area contributed by atoms with Gasteiger partial charge in [0.1, 0.15) is 0 Å². The molecule has 0 radical (unpaired) electrons. The van der Waals surface area contributed by atoms with Crippen LogP contribution < -0.4 is 5.32 Å². The molecule has 0 aromatic heterocycles. The molecule has 6 nitrogen and oxygen atoms in total. The van der Waals surface area contributed by atoms with Gasteiger partial charge in [0.25, 0.3) is 0 Å². The number of hydrogen-bond donors (Lipinski definition) is 1. The Hall–Kier alpha value is -0.863. The second-order valence-corrected chi connectivity index (χ2v) is 13.5. The standard InChI is InChI=1S/C15H27NO5SSi/c1-13(2,3)23(7,8)21-9-15(12(19)20-5)10(17)14(4,22-6)11(18)16-15/h9H2,1-8H3,(H,16,18)/t14-,15+/m0/s1. The minimum Gasteiger partial charge on any atom is -0.467 e. The molecule has 0 unspecified atom stereocenters. The molecule has 1 aliphatic heterocycles. The molecule has 0 aliphatic carbocycles. The lowest BCUT2D eigenvalue weighted by atomic mass is 9.92. The summed E-state index contributed by atoms with van der Waals surface area (Å²) >= 11 is 1.11. The molecule has 0 spiro atoms. The summed E-state index contributed by atoms with van der Waals surface area (Å²) in [5.41, 5.74) is -1.76. The van der Waals surface area contributed by atoms with E-state index < -0.39 is 36.3 Å². The highest BCUT2D eigenvalue weighted by molar-refractivity contribution is 8.01. The fourth-order valence-electron chi connectivity index (χ4n) is 2.05. The number of nitrogens with one attached hydrogen (secondary N) is 1. The Kier molecular flexibility index (Phi) is 5.45. The van der Waals surface area contributed by atoms with Crippen molar-refractivity contribution in [3.05, 3.63) is 0 Å². The maximum Gasteiger partial charge on any atom is 0.341 e. The molecule has 0 saturated carbocycles. The van der Waals surface area contributed by atoms with Gasteiger partial charge in [-0.2, -0.15) is 0 Å². The number of carbonyl (C=O) groups is 3. The molecule has 1 aliphatic rings. The molecule has 1 N–H and O–H groups in total. The summed E-state index contributed by atoms with van der Waals surface area (Å²) in [6, 6.07) is 0. The molecule has 1 fully saturated rings. The van der Waals surface area contributed by atoms with E-state index in [9.17, 15) is 14.4 Å². The van der Waals surface area contributed by atoms with Gasteiger partial charge in [0.05, 0.1) is 13.7 Å². The van der Waals surface area contributed by atoms with Gasteiger partial charge in [-0.1, -0.05) is 20.8 Å². The number of methoxy groups -OCH3 is 1. The quantitative estimate of drug-likeness (QED) is 0.456. The van der Waals surface area contributed by atoms with Gasteiger partial charge in [-0.3, -0.25) is 9.59 Å². The minimum atomic E-state index is -2.20. The summed E-state index contributed by atoms with van der Waals surface area (Å²) in [4.78, 5) is 37.5. The van der Waals surface area contributed by atoms with E-state index in [1.54, 1.807) is 6.26 Å². The van der Waals surface area contributed by atoms with Crippen molar-refractivity contribution in [3.63, 3.8) is 0 Å². The summed E-state index contributed by atoms with van der Waals surface area (Å²) < 4.78 is 9.54. The minimum absolute atomic E-state index is 0.0845. The predicted octanol–water partition coefficient (Wildman–Crippen LogP) is 1.74. The van der Waals surface area contributed by atoms with Gasteiger partial charge in [-0.05, 0) is 31.3 Å². The van der Waals surface area contributed by atoms with E-state index in [0.29, 0.717) is 0 Å². The summed E-state index contributed by atoms with van der Waals surface area (Å²) in [5.74, 6) is -1.78. The van der Waals surface area contributed by atoms with Crippen molar-refractivity contribution >= 4 is 37.7 Å². The molecule has 0 bridgehead atoms. The Balaban J connectivity index is 3.21. The molecule has 0 aromatic rings. The Morgan fingerprint density at radius 3 is 2.17 bits per heavy atom. The zero-order valence-corrected chi connectivity index (χ0v) is 17.0. The van der Waals surface area contributed by atoms with Crippen LogP contribution in [0.3, 0.4) is 0 Å². The highest BCUT2D eigenvalue weighted by Crippen LogP contribution is 2.40. The van der Waals surface area contributed by atoms with Crippen LogP contribution in [-0.4, -0.2) is 56.2 Å². The molecule has 8 heteroatoms. The number of esters is 1. The van der Waals surface area contributed by atoms with Gasteiger partial charge in [-0.15, -0.1) is 11.8 Å². The summed E-state index contributed by atoms with van der Waals surface area (Å²) in [7, 11) is -1.01. The van der Waals surface area contributed by atoms with Crippen LogP contribution in [0.15, 0.2) is 0 Å². The van der Waals surface area contributed by atoms with Crippen LogP contribution in [0.4, 0.5) is 0 Å². The molecule has 1 rings (SSSR count). The van der Waals surface area contributed by atoms with Crippen LogP contribution in [0.25, 0.3) is 0 Å². The Morgan fingerprint density at radius 1 is 1.30 bits per heavy atom. The van der Waals surface area contributed by atoms with E-state index >= 15 is 0 Å². The number of amides is 1. The lowest BCUT2D eigenvalue weighted by Crippen LogP contribution is -2.60. The molecular weight excluding hydrogens is 334 g/mol. The van der Waals surface area contributed by atoms with Crippen LogP contribution in [0.1, 0.15) is 27.7 Å². The Bertz CT molecular complexity index is 530. The summed E-state index contributed by atoms with van der Waals surface area (Å²) in [6.07, 6.45) is 1.67. The Labute approximate surface area is 143 Å². The lowest BCUT2D eigenvalue weighted by molar-refractivity contribution is -0.153. The molecule has 1 heterocycles. The largest absolute Gasteiger partial charge is 0.467 e. The molecule has 1 amide bonds. The smallest absolute Gasteiger partial charge is 0.341 e. The third kappa shape index (κ3) is 3.21. The van der Waals surface area contributed by atoms with Crippen molar-refractivity contribution in [1.29, 1.82) is 0 Å². The van der Waals surface area contributed by atoms with Crippen LogP contribution in [-0.2, 0) is 23.5 Å². The number of hydrogen-bond acceptors (Lipinski definition) is 6. The summed E-state index contributed by atoms with van der Waals surface area (Å²) in [5, 5.41) is 2.46. The highest BCUT2D eigenvalue weighted by Gasteiger charge is 2.65. The van der Waals surface area contributed by atoms with Crippen molar-refractivity contribution in [1.82, 2.24) is 5.32 Å². The second-order valence-electron chi connectivity index (χ2n) is 7.47. The van der Waals surface area contributed by atoms with E-state index in [1.165, 1.54) is 14.0 Å². The van der Waals surface area contributed by atoms with Gasteiger partial charge in [0.2, 0.25) is 11.4 Å². The predicted molar refractivity (Wildman–Crippen MR) is 93.0 cm³/mol. The van der Waals surface area contributed by atoms with Crippen LogP contribution in [0.2, 0.25) is 18.1 Å². The maximum atomic E-state index is 12.9. The first kappa shape index (κ1) is 20.2. The zero-order chi connectivity index (χ0) is 18.3. The first-order chi connectivity index (χ1) is 10.3. The molecule has 0 aromatic carbocycles. The number of carbonyl (C=O) groups excluding carboxylic acids is 3. The highest BCUT2D eigenvalue weighted by atomic mass is 32.2. The van der Waals surface area contributed by atoms with Crippen molar-refractivity contribution in [3.8, 4) is 0 Å². The molecule has 23 heavy (non-hydrogen) atoms. The van der Waals surface area contributed by atoms with Crippen LogP contribution in [0, 0.1) is 0 Å². The molecular formula is C15H27NO5SSi. The monoisotopic (exact) mass is 361 g/mol. The Morgan fingerprint density at radius 2 is 1.83 bits per heavy atom. The topological polar surface area (TPSA) is 81.7 Å². The van der Waals surface area contributed by atoms with Crippen LogP contribution in [0.5, 0.6) is 0 Å². The first-order valence-corrected chi connectivity index (χ1v) is 11.6. The third-order valence-corrected chi connectivity index (χ3v) is 10.6. The number of rotatable bonds is 5. The third-order valence-electron chi connectivity index (χ3n) is 4.98. The van der Waals surface area contributed by atoms with Gasteiger partial charge in [0.15, 0.2) is 18.8 Å². The van der Waals surface area contributed by atoms with E-state index in [0.717, 1.165) is 11.8 Å². The average Bonchev–Trinajstić information content (AvgIpc) is 2.66. The SMILES string of the molecule is COC(=O)[C@]1(CO[Si](C)(C)C(C)(C)C)NC(=O)[C@@](C)(SC)C1=O. The molecule has 1 saturated heterocycles. The number of ketones is 1. The van der Waals surface area contributed by atoms with Crippen molar-refractivity contribution in [2.75, 3.05) is 20.0 Å². The first-order valence-electron chi connectivity index (χ1n) is 7.43. The van der Waals surface area contributed by atoms with Crippen LogP contribution >= 0.6 is 11.8 Å². The van der Waals surface area contributed by atoms with Gasteiger partial charge in [0, 0.05) is 0 Å². The van der Waals surface area contributed by atoms with E-state index in [1.807, 2.05) is 13.1 Å². The second kappa shape index (κ2) is 6.21. The van der Waals surface area contributed by atoms with E-state index in [-0.39, 0.29) is 11.6 Å². The van der Waals surface area contributed by atoms with Gasteiger partial charge in [-0.25, -0.2) is 4.79 Å². The number of thioether (sulfide) groups is 1. The normalized spacial score (nSPS) is 28.7. The zero-order valence-electron chi connectivity index (χ0n) is 15.2. The maximum absolute atomic E-state index is 12.9. The molecule has 132 valence electrons. The number of Topliss-reactive ketones (excluding diaryl/α,β-unsaturated/α-hetero) is 1. The van der Waals surface area contributed by atoms with Crippen molar-refractivity contribution in [2.24, 2.45) is 0 Å². The van der Waals surface area contributed by atoms with Crippen molar-refractivity contribution < 1.29 is 23.5 Å². The number of ether oxygens (including phenoxy) is 1. The lowest BCUT2D eigenvalue weighted by Gasteiger charge is -2.38. The molecule has 2 atom stereocenters. The average molecular weight is 362 g/mol. The van der Waals surface area contributed by atoms with Gasteiger partial charge >= 0.3 is 5.97 Å². The van der Waals surface area contributed by atoms with E-state index in [4.69, 9.17) is 9.16 Å². The van der Waals surface area contributed by atoms with Gasteiger partial charge < -0.3 is 14.5 Å².